The van der Waals surface area contributed by atoms with Gasteiger partial charge in [-0.2, -0.15) is 0 Å². The molecule has 0 radical (unpaired) electrons. The SMILES string of the molecule is CCn1c(SC(C)c2nnc(-c3ccc([N+](=O)[O-])cc3)o2)nnc1-c1cccc(C)c1. The summed E-state index contributed by atoms with van der Waals surface area (Å²) in [6.07, 6.45) is 0. The number of nitro benzene ring substituents is 1. The van der Waals surface area contributed by atoms with E-state index < -0.39 is 4.92 Å². The monoisotopic (exact) mass is 436 g/mol. The molecule has 2 aromatic heterocycles. The van der Waals surface area contributed by atoms with Crippen molar-refractivity contribution >= 4 is 17.4 Å². The molecule has 4 rings (SSSR count). The Bertz CT molecular complexity index is 1220. The minimum Gasteiger partial charge on any atom is -0.419 e. The van der Waals surface area contributed by atoms with Gasteiger partial charge in [-0.15, -0.1) is 20.4 Å². The van der Waals surface area contributed by atoms with E-state index in [2.05, 4.69) is 38.0 Å². The molecule has 2 aromatic carbocycles. The van der Waals surface area contributed by atoms with Crippen molar-refractivity contribution in [2.45, 2.75) is 37.7 Å². The molecule has 10 heteroatoms. The maximum absolute atomic E-state index is 10.8. The van der Waals surface area contributed by atoms with Crippen LogP contribution in [0.2, 0.25) is 0 Å². The zero-order chi connectivity index (χ0) is 22.0. The van der Waals surface area contributed by atoms with Crippen LogP contribution < -0.4 is 0 Å². The van der Waals surface area contributed by atoms with Crippen molar-refractivity contribution in [1.29, 1.82) is 0 Å². The van der Waals surface area contributed by atoms with Crippen molar-refractivity contribution in [3.8, 4) is 22.8 Å². The number of nitrogens with zero attached hydrogens (tertiary/aromatic N) is 6. The van der Waals surface area contributed by atoms with Crippen LogP contribution in [0.4, 0.5) is 5.69 Å². The summed E-state index contributed by atoms with van der Waals surface area (Å²) in [7, 11) is 0. The summed E-state index contributed by atoms with van der Waals surface area (Å²) in [6.45, 7) is 6.78. The molecule has 1 atom stereocenters. The Labute approximate surface area is 182 Å². The first kappa shape index (κ1) is 20.7. The first-order valence-electron chi connectivity index (χ1n) is 9.71. The van der Waals surface area contributed by atoms with Crippen molar-refractivity contribution in [2.75, 3.05) is 0 Å². The molecule has 0 N–H and O–H groups in total. The number of non-ortho nitro benzene ring substituents is 1. The molecule has 158 valence electrons. The van der Waals surface area contributed by atoms with Gasteiger partial charge in [0.1, 0.15) is 0 Å². The Morgan fingerprint density at radius 3 is 2.55 bits per heavy atom. The van der Waals surface area contributed by atoms with E-state index in [4.69, 9.17) is 4.42 Å². The molecule has 0 saturated heterocycles. The molecular weight excluding hydrogens is 416 g/mol. The van der Waals surface area contributed by atoms with E-state index in [9.17, 15) is 10.1 Å². The van der Waals surface area contributed by atoms with Gasteiger partial charge in [-0.1, -0.05) is 35.5 Å². The van der Waals surface area contributed by atoms with Crippen molar-refractivity contribution in [2.24, 2.45) is 0 Å². The van der Waals surface area contributed by atoms with Crippen LogP contribution in [0, 0.1) is 17.0 Å². The molecule has 0 amide bonds. The maximum atomic E-state index is 10.8. The summed E-state index contributed by atoms with van der Waals surface area (Å²) in [4.78, 5) is 10.4. The first-order chi connectivity index (χ1) is 15.0. The maximum Gasteiger partial charge on any atom is 0.269 e. The van der Waals surface area contributed by atoms with Gasteiger partial charge in [-0.25, -0.2) is 0 Å². The van der Waals surface area contributed by atoms with Gasteiger partial charge in [0.15, 0.2) is 11.0 Å². The number of nitro groups is 1. The smallest absolute Gasteiger partial charge is 0.269 e. The Kier molecular flexibility index (Phi) is 5.81. The zero-order valence-corrected chi connectivity index (χ0v) is 18.0. The minimum atomic E-state index is -0.448. The topological polar surface area (TPSA) is 113 Å². The van der Waals surface area contributed by atoms with E-state index in [0.29, 0.717) is 17.3 Å². The summed E-state index contributed by atoms with van der Waals surface area (Å²) in [6, 6.07) is 14.2. The molecule has 0 aliphatic rings. The highest BCUT2D eigenvalue weighted by Gasteiger charge is 2.21. The fourth-order valence-electron chi connectivity index (χ4n) is 3.11. The number of aromatic nitrogens is 5. The highest BCUT2D eigenvalue weighted by molar-refractivity contribution is 7.99. The highest BCUT2D eigenvalue weighted by atomic mass is 32.2. The number of hydrogen-bond donors (Lipinski definition) is 0. The molecule has 0 aliphatic heterocycles. The third-order valence-corrected chi connectivity index (χ3v) is 5.77. The van der Waals surface area contributed by atoms with Crippen LogP contribution in [0.1, 0.15) is 30.6 Å². The molecule has 4 aromatic rings. The van der Waals surface area contributed by atoms with E-state index in [1.54, 1.807) is 12.1 Å². The number of rotatable bonds is 7. The Morgan fingerprint density at radius 2 is 1.87 bits per heavy atom. The van der Waals surface area contributed by atoms with Crippen LogP contribution in [0.5, 0.6) is 0 Å². The van der Waals surface area contributed by atoms with Gasteiger partial charge in [0, 0.05) is 29.8 Å². The van der Waals surface area contributed by atoms with Gasteiger partial charge >= 0.3 is 0 Å². The number of hydrogen-bond acceptors (Lipinski definition) is 8. The van der Waals surface area contributed by atoms with Crippen molar-refractivity contribution in [3.05, 3.63) is 70.1 Å². The molecular formula is C21H20N6O3S. The predicted octanol–water partition coefficient (Wildman–Crippen LogP) is 5.08. The van der Waals surface area contributed by atoms with E-state index in [1.807, 2.05) is 32.0 Å². The van der Waals surface area contributed by atoms with Gasteiger partial charge in [0.05, 0.1) is 10.2 Å². The van der Waals surface area contributed by atoms with Crippen LogP contribution >= 0.6 is 11.8 Å². The Morgan fingerprint density at radius 1 is 1.10 bits per heavy atom. The highest BCUT2D eigenvalue weighted by Crippen LogP contribution is 2.36. The predicted molar refractivity (Wildman–Crippen MR) is 117 cm³/mol. The lowest BCUT2D eigenvalue weighted by molar-refractivity contribution is -0.384. The summed E-state index contributed by atoms with van der Waals surface area (Å²) >= 11 is 1.49. The van der Waals surface area contributed by atoms with Gasteiger partial charge in [-0.3, -0.25) is 10.1 Å². The average Bonchev–Trinajstić information content (AvgIpc) is 3.41. The number of benzene rings is 2. The van der Waals surface area contributed by atoms with Gasteiger partial charge in [0.2, 0.25) is 11.8 Å². The number of thioether (sulfide) groups is 1. The summed E-state index contributed by atoms with van der Waals surface area (Å²) in [5.74, 6) is 1.58. The van der Waals surface area contributed by atoms with E-state index in [1.165, 1.54) is 23.9 Å². The van der Waals surface area contributed by atoms with Gasteiger partial charge < -0.3 is 8.98 Å². The second-order valence-corrected chi connectivity index (χ2v) is 8.24. The van der Waals surface area contributed by atoms with Gasteiger partial charge in [-0.05, 0) is 39.0 Å². The third-order valence-electron chi connectivity index (χ3n) is 4.70. The molecule has 0 bridgehead atoms. The third kappa shape index (κ3) is 4.33. The first-order valence-corrected chi connectivity index (χ1v) is 10.6. The minimum absolute atomic E-state index is 0.00993. The van der Waals surface area contributed by atoms with E-state index in [-0.39, 0.29) is 10.9 Å². The zero-order valence-electron chi connectivity index (χ0n) is 17.2. The molecule has 9 nitrogen and oxygen atoms in total. The molecule has 2 heterocycles. The van der Waals surface area contributed by atoms with E-state index in [0.717, 1.165) is 28.7 Å². The van der Waals surface area contributed by atoms with Crippen molar-refractivity contribution in [3.63, 3.8) is 0 Å². The van der Waals surface area contributed by atoms with Crippen molar-refractivity contribution in [1.82, 2.24) is 25.0 Å². The molecule has 0 fully saturated rings. The molecule has 1 unspecified atom stereocenters. The standard InChI is InChI=1S/C21H20N6O3S/c1-4-26-18(16-7-5-6-13(2)12-16)22-25-21(26)31-14(3)19-23-24-20(30-19)15-8-10-17(11-9-15)27(28)29/h5-12,14H,4H2,1-3H3. The lowest BCUT2D eigenvalue weighted by Crippen LogP contribution is -2.01. The quantitative estimate of drug-likeness (QED) is 0.224. The van der Waals surface area contributed by atoms with Crippen LogP contribution in [0.25, 0.3) is 22.8 Å². The van der Waals surface area contributed by atoms with Gasteiger partial charge in [0.25, 0.3) is 5.69 Å². The van der Waals surface area contributed by atoms with Crippen LogP contribution in [-0.4, -0.2) is 29.9 Å². The Hall–Kier alpha value is -3.53. The van der Waals surface area contributed by atoms with Crippen LogP contribution in [0.15, 0.2) is 58.1 Å². The largest absolute Gasteiger partial charge is 0.419 e. The summed E-state index contributed by atoms with van der Waals surface area (Å²) in [5, 5.41) is 28.4. The molecule has 0 spiro atoms. The van der Waals surface area contributed by atoms with Crippen LogP contribution in [-0.2, 0) is 6.54 Å². The Balaban J connectivity index is 1.54. The lowest BCUT2D eigenvalue weighted by atomic mass is 10.1. The van der Waals surface area contributed by atoms with E-state index >= 15 is 0 Å². The summed E-state index contributed by atoms with van der Waals surface area (Å²) < 4.78 is 7.87. The summed E-state index contributed by atoms with van der Waals surface area (Å²) in [5.41, 5.74) is 2.82. The second kappa shape index (κ2) is 8.68. The van der Waals surface area contributed by atoms with Crippen molar-refractivity contribution < 1.29 is 9.34 Å². The fraction of sp³-hybridized carbons (Fsp3) is 0.238. The number of aryl methyl sites for hydroxylation is 1. The lowest BCUT2D eigenvalue weighted by Gasteiger charge is -2.10. The molecule has 31 heavy (non-hydrogen) atoms. The fourth-order valence-corrected chi connectivity index (χ4v) is 4.05. The normalized spacial score (nSPS) is 12.1. The molecule has 0 saturated carbocycles. The second-order valence-electron chi connectivity index (χ2n) is 6.93. The molecule has 0 aliphatic carbocycles. The average molecular weight is 436 g/mol. The van der Waals surface area contributed by atoms with Crippen LogP contribution in [0.3, 0.4) is 0 Å².